The maximum atomic E-state index is 12.4. The second-order valence-corrected chi connectivity index (χ2v) is 7.71. The number of morpholine rings is 1. The lowest BCUT2D eigenvalue weighted by Crippen LogP contribution is -2.60. The SMILES string of the molecule is CC(C)(C)OC(=O)N1CCOC2(CCCN2Cc2ccccc2)C1. The molecule has 0 N–H and O–H groups in total. The van der Waals surface area contributed by atoms with Crippen LogP contribution in [-0.4, -0.2) is 53.5 Å². The van der Waals surface area contributed by atoms with Gasteiger partial charge < -0.3 is 14.4 Å². The third-order valence-corrected chi connectivity index (χ3v) is 4.61. The Balaban J connectivity index is 1.70. The van der Waals surface area contributed by atoms with E-state index in [1.54, 1.807) is 4.90 Å². The predicted molar refractivity (Wildman–Crippen MR) is 92.6 cm³/mol. The van der Waals surface area contributed by atoms with Gasteiger partial charge >= 0.3 is 6.09 Å². The molecule has 2 aliphatic heterocycles. The number of ether oxygens (including phenoxy) is 2. The van der Waals surface area contributed by atoms with Gasteiger partial charge in [-0.1, -0.05) is 30.3 Å². The Kier molecular flexibility index (Phi) is 4.83. The molecule has 1 atom stereocenters. The van der Waals surface area contributed by atoms with Crippen molar-refractivity contribution in [1.29, 1.82) is 0 Å². The molecule has 1 aromatic rings. The summed E-state index contributed by atoms with van der Waals surface area (Å²) in [6.07, 6.45) is 1.81. The largest absolute Gasteiger partial charge is 0.444 e. The average molecular weight is 332 g/mol. The van der Waals surface area contributed by atoms with Crippen molar-refractivity contribution in [2.24, 2.45) is 0 Å². The van der Waals surface area contributed by atoms with Crippen LogP contribution in [0.1, 0.15) is 39.2 Å². The van der Waals surface area contributed by atoms with Gasteiger partial charge in [-0.3, -0.25) is 4.90 Å². The van der Waals surface area contributed by atoms with Crippen LogP contribution in [0.5, 0.6) is 0 Å². The Bertz CT molecular complexity index is 570. The van der Waals surface area contributed by atoms with Crippen molar-refractivity contribution in [3.8, 4) is 0 Å². The van der Waals surface area contributed by atoms with E-state index in [1.165, 1.54) is 5.56 Å². The number of likely N-dealkylation sites (tertiary alicyclic amines) is 1. The summed E-state index contributed by atoms with van der Waals surface area (Å²) in [5, 5.41) is 0. The normalized spacial score (nSPS) is 25.2. The maximum absolute atomic E-state index is 12.4. The molecule has 0 aromatic heterocycles. The van der Waals surface area contributed by atoms with Crippen LogP contribution in [0, 0.1) is 0 Å². The highest BCUT2D eigenvalue weighted by Gasteiger charge is 2.46. The van der Waals surface area contributed by atoms with E-state index in [4.69, 9.17) is 9.47 Å². The fourth-order valence-electron chi connectivity index (χ4n) is 3.53. The van der Waals surface area contributed by atoms with Gasteiger partial charge in [-0.05, 0) is 39.2 Å². The summed E-state index contributed by atoms with van der Waals surface area (Å²) in [6.45, 7) is 9.28. The van der Waals surface area contributed by atoms with Crippen LogP contribution in [0.25, 0.3) is 0 Å². The first-order valence-corrected chi connectivity index (χ1v) is 8.79. The molecular formula is C19H28N2O3. The zero-order valence-electron chi connectivity index (χ0n) is 15.0. The van der Waals surface area contributed by atoms with E-state index in [2.05, 4.69) is 29.2 Å². The van der Waals surface area contributed by atoms with Crippen molar-refractivity contribution in [3.63, 3.8) is 0 Å². The first-order valence-electron chi connectivity index (χ1n) is 8.79. The summed E-state index contributed by atoms with van der Waals surface area (Å²) in [7, 11) is 0. The van der Waals surface area contributed by atoms with Crippen LogP contribution in [0.15, 0.2) is 30.3 Å². The Morgan fingerprint density at radius 2 is 2.00 bits per heavy atom. The molecule has 1 aromatic carbocycles. The lowest BCUT2D eigenvalue weighted by molar-refractivity contribution is -0.179. The van der Waals surface area contributed by atoms with Crippen LogP contribution >= 0.6 is 0 Å². The van der Waals surface area contributed by atoms with Crippen molar-refractivity contribution in [1.82, 2.24) is 9.80 Å². The Morgan fingerprint density at radius 1 is 1.25 bits per heavy atom. The smallest absolute Gasteiger partial charge is 0.410 e. The maximum Gasteiger partial charge on any atom is 0.410 e. The molecule has 2 fully saturated rings. The lowest BCUT2D eigenvalue weighted by Gasteiger charge is -2.45. The average Bonchev–Trinajstić information content (AvgIpc) is 2.89. The zero-order chi connectivity index (χ0) is 17.2. The van der Waals surface area contributed by atoms with Crippen molar-refractivity contribution in [2.45, 2.75) is 51.5 Å². The molecule has 0 saturated carbocycles. The van der Waals surface area contributed by atoms with Gasteiger partial charge in [-0.15, -0.1) is 0 Å². The van der Waals surface area contributed by atoms with E-state index < -0.39 is 5.60 Å². The van der Waals surface area contributed by atoms with Gasteiger partial charge in [0.2, 0.25) is 0 Å². The number of hydrogen-bond acceptors (Lipinski definition) is 4. The lowest BCUT2D eigenvalue weighted by atomic mass is 10.1. The molecule has 132 valence electrons. The van der Waals surface area contributed by atoms with E-state index in [9.17, 15) is 4.79 Å². The van der Waals surface area contributed by atoms with E-state index in [-0.39, 0.29) is 11.8 Å². The highest BCUT2D eigenvalue weighted by molar-refractivity contribution is 5.68. The third kappa shape index (κ3) is 3.90. The number of benzene rings is 1. The van der Waals surface area contributed by atoms with Crippen LogP contribution < -0.4 is 0 Å². The minimum Gasteiger partial charge on any atom is -0.444 e. The van der Waals surface area contributed by atoms with Crippen molar-refractivity contribution in [2.75, 3.05) is 26.2 Å². The van der Waals surface area contributed by atoms with Crippen LogP contribution in [-0.2, 0) is 16.0 Å². The molecule has 1 amide bonds. The molecular weight excluding hydrogens is 304 g/mol. The standard InChI is InChI=1S/C19H28N2O3/c1-18(2,3)24-17(22)20-12-13-23-19(15-20)10-7-11-21(19)14-16-8-5-4-6-9-16/h4-6,8-9H,7,10-15H2,1-3H3. The van der Waals surface area contributed by atoms with E-state index in [1.807, 2.05) is 26.8 Å². The predicted octanol–water partition coefficient (Wildman–Crippen LogP) is 3.25. The summed E-state index contributed by atoms with van der Waals surface area (Å²) in [5.74, 6) is 0. The first kappa shape index (κ1) is 17.2. The van der Waals surface area contributed by atoms with E-state index in [0.29, 0.717) is 19.7 Å². The second-order valence-electron chi connectivity index (χ2n) is 7.71. The Hall–Kier alpha value is -1.59. The summed E-state index contributed by atoms with van der Waals surface area (Å²) in [4.78, 5) is 16.6. The second kappa shape index (κ2) is 6.73. The molecule has 0 bridgehead atoms. The van der Waals surface area contributed by atoms with Crippen molar-refractivity contribution < 1.29 is 14.3 Å². The van der Waals surface area contributed by atoms with Gasteiger partial charge in [-0.25, -0.2) is 4.79 Å². The number of rotatable bonds is 2. The van der Waals surface area contributed by atoms with Gasteiger partial charge in [0, 0.05) is 19.6 Å². The monoisotopic (exact) mass is 332 g/mol. The fourth-order valence-corrected chi connectivity index (χ4v) is 3.53. The van der Waals surface area contributed by atoms with Crippen LogP contribution in [0.3, 0.4) is 0 Å². The summed E-state index contributed by atoms with van der Waals surface area (Å²) >= 11 is 0. The topological polar surface area (TPSA) is 42.0 Å². The van der Waals surface area contributed by atoms with Crippen LogP contribution in [0.4, 0.5) is 4.79 Å². The molecule has 2 aliphatic rings. The summed E-state index contributed by atoms with van der Waals surface area (Å²) < 4.78 is 11.7. The molecule has 3 rings (SSSR count). The number of hydrogen-bond donors (Lipinski definition) is 0. The third-order valence-electron chi connectivity index (χ3n) is 4.61. The molecule has 2 heterocycles. The molecule has 24 heavy (non-hydrogen) atoms. The molecule has 0 aliphatic carbocycles. The highest BCUT2D eigenvalue weighted by Crippen LogP contribution is 2.35. The molecule has 1 spiro atoms. The van der Waals surface area contributed by atoms with Gasteiger partial charge in [0.1, 0.15) is 11.3 Å². The number of carbonyl (C=O) groups excluding carboxylic acids is 1. The molecule has 5 nitrogen and oxygen atoms in total. The molecule has 0 radical (unpaired) electrons. The first-order chi connectivity index (χ1) is 11.4. The van der Waals surface area contributed by atoms with E-state index in [0.717, 1.165) is 25.9 Å². The zero-order valence-corrected chi connectivity index (χ0v) is 15.0. The Morgan fingerprint density at radius 3 is 2.71 bits per heavy atom. The number of amides is 1. The molecule has 5 heteroatoms. The van der Waals surface area contributed by atoms with Crippen molar-refractivity contribution in [3.05, 3.63) is 35.9 Å². The number of nitrogens with zero attached hydrogens (tertiary/aromatic N) is 2. The quantitative estimate of drug-likeness (QED) is 0.834. The fraction of sp³-hybridized carbons (Fsp3) is 0.632. The Labute approximate surface area is 144 Å². The minimum absolute atomic E-state index is 0.239. The summed E-state index contributed by atoms with van der Waals surface area (Å²) in [6, 6.07) is 10.4. The van der Waals surface area contributed by atoms with Crippen LogP contribution in [0.2, 0.25) is 0 Å². The highest BCUT2D eigenvalue weighted by atomic mass is 16.6. The van der Waals surface area contributed by atoms with Crippen molar-refractivity contribution >= 4 is 6.09 Å². The number of carbonyl (C=O) groups is 1. The minimum atomic E-state index is -0.470. The molecule has 1 unspecified atom stereocenters. The van der Waals surface area contributed by atoms with Gasteiger partial charge in [0.05, 0.1) is 13.2 Å². The summed E-state index contributed by atoms with van der Waals surface area (Å²) in [5.41, 5.74) is 0.434. The van der Waals surface area contributed by atoms with Gasteiger partial charge in [0.15, 0.2) is 0 Å². The molecule has 2 saturated heterocycles. The van der Waals surface area contributed by atoms with E-state index >= 15 is 0 Å². The van der Waals surface area contributed by atoms with Gasteiger partial charge in [0.25, 0.3) is 0 Å². The van der Waals surface area contributed by atoms with Gasteiger partial charge in [-0.2, -0.15) is 0 Å².